The molecule has 4 nitrogen and oxygen atoms in total. The van der Waals surface area contributed by atoms with Gasteiger partial charge in [-0.05, 0) is 32.4 Å². The quantitative estimate of drug-likeness (QED) is 0.767. The summed E-state index contributed by atoms with van der Waals surface area (Å²) in [7, 11) is 0. The Bertz CT molecular complexity index is 340. The molecule has 1 N–H and O–H groups in total. The Labute approximate surface area is 117 Å². The average molecular weight is 264 g/mol. The van der Waals surface area contributed by atoms with Crippen LogP contribution in [0.25, 0.3) is 0 Å². The summed E-state index contributed by atoms with van der Waals surface area (Å²) in [5.41, 5.74) is 1.30. The molecule has 1 aromatic heterocycles. The minimum atomic E-state index is 0.938. The lowest BCUT2D eigenvalue weighted by Gasteiger charge is -2.19. The Hall–Kier alpha value is -0.870. The van der Waals surface area contributed by atoms with E-state index >= 15 is 0 Å². The molecule has 19 heavy (non-hydrogen) atoms. The van der Waals surface area contributed by atoms with Crippen molar-refractivity contribution >= 4 is 0 Å². The standard InChI is InChI=1S/C15H28N4/c1-2-8-19-14-17-13-15(19)12-16-7-11-18-9-5-3-4-6-10-18/h13-14,16H,2-12H2,1H3. The Morgan fingerprint density at radius 1 is 1.16 bits per heavy atom. The molecular weight excluding hydrogens is 236 g/mol. The summed E-state index contributed by atoms with van der Waals surface area (Å²) in [6.07, 6.45) is 10.7. The van der Waals surface area contributed by atoms with Gasteiger partial charge in [-0.25, -0.2) is 4.98 Å². The van der Waals surface area contributed by atoms with Gasteiger partial charge in [0, 0.05) is 32.4 Å². The lowest BCUT2D eigenvalue weighted by molar-refractivity contribution is 0.283. The molecule has 0 atom stereocenters. The third kappa shape index (κ3) is 4.96. The zero-order valence-electron chi connectivity index (χ0n) is 12.3. The number of hydrogen-bond donors (Lipinski definition) is 1. The summed E-state index contributed by atoms with van der Waals surface area (Å²) in [6.45, 7) is 9.05. The predicted molar refractivity (Wildman–Crippen MR) is 79.1 cm³/mol. The van der Waals surface area contributed by atoms with Crippen LogP contribution in [-0.4, -0.2) is 40.6 Å². The Balaban J connectivity index is 1.64. The SMILES string of the molecule is CCCn1cncc1CNCCN1CCCCCC1. The Morgan fingerprint density at radius 2 is 1.95 bits per heavy atom. The van der Waals surface area contributed by atoms with Crippen molar-refractivity contribution < 1.29 is 0 Å². The van der Waals surface area contributed by atoms with E-state index in [1.165, 1.54) is 51.0 Å². The zero-order chi connectivity index (χ0) is 13.3. The summed E-state index contributed by atoms with van der Waals surface area (Å²) in [6, 6.07) is 0. The van der Waals surface area contributed by atoms with Crippen LogP contribution in [0.1, 0.15) is 44.7 Å². The highest BCUT2D eigenvalue weighted by molar-refractivity contribution is 4.97. The van der Waals surface area contributed by atoms with Crippen LogP contribution >= 0.6 is 0 Å². The van der Waals surface area contributed by atoms with Gasteiger partial charge >= 0.3 is 0 Å². The average Bonchev–Trinajstić information content (AvgIpc) is 2.70. The monoisotopic (exact) mass is 264 g/mol. The molecule has 2 rings (SSSR count). The first-order valence-corrected chi connectivity index (χ1v) is 7.82. The van der Waals surface area contributed by atoms with Crippen molar-refractivity contribution in [2.75, 3.05) is 26.2 Å². The van der Waals surface area contributed by atoms with Crippen LogP contribution in [0.15, 0.2) is 12.5 Å². The molecule has 0 radical (unpaired) electrons. The van der Waals surface area contributed by atoms with E-state index in [1.807, 2.05) is 12.5 Å². The molecule has 0 unspecified atom stereocenters. The molecule has 1 aromatic rings. The number of nitrogens with zero attached hydrogens (tertiary/aromatic N) is 3. The number of rotatable bonds is 7. The van der Waals surface area contributed by atoms with Crippen LogP contribution in [0.2, 0.25) is 0 Å². The molecule has 108 valence electrons. The summed E-state index contributed by atoms with van der Waals surface area (Å²) in [4.78, 5) is 6.83. The fourth-order valence-electron chi connectivity index (χ4n) is 2.75. The van der Waals surface area contributed by atoms with Gasteiger partial charge in [0.2, 0.25) is 0 Å². The van der Waals surface area contributed by atoms with Crippen LogP contribution in [0.3, 0.4) is 0 Å². The lowest BCUT2D eigenvalue weighted by atomic mass is 10.2. The minimum absolute atomic E-state index is 0.938. The third-order valence-electron chi connectivity index (χ3n) is 3.87. The number of imidazole rings is 1. The lowest BCUT2D eigenvalue weighted by Crippen LogP contribution is -2.32. The normalized spacial score (nSPS) is 17.5. The summed E-state index contributed by atoms with van der Waals surface area (Å²) in [5.74, 6) is 0. The maximum absolute atomic E-state index is 4.23. The molecule has 1 fully saturated rings. The van der Waals surface area contributed by atoms with Gasteiger partial charge in [0.1, 0.15) is 0 Å². The molecule has 2 heterocycles. The summed E-state index contributed by atoms with van der Waals surface area (Å²) >= 11 is 0. The molecule has 1 aliphatic rings. The van der Waals surface area contributed by atoms with Gasteiger partial charge in [0.05, 0.1) is 12.0 Å². The van der Waals surface area contributed by atoms with Gasteiger partial charge in [-0.2, -0.15) is 0 Å². The van der Waals surface area contributed by atoms with Gasteiger partial charge in [-0.3, -0.25) is 0 Å². The first-order chi connectivity index (χ1) is 9.40. The number of hydrogen-bond acceptors (Lipinski definition) is 3. The van der Waals surface area contributed by atoms with Crippen LogP contribution in [-0.2, 0) is 13.1 Å². The first kappa shape index (κ1) is 14.5. The van der Waals surface area contributed by atoms with Crippen LogP contribution < -0.4 is 5.32 Å². The number of aryl methyl sites for hydroxylation is 1. The summed E-state index contributed by atoms with van der Waals surface area (Å²) in [5, 5.41) is 3.55. The van der Waals surface area contributed by atoms with E-state index in [0.29, 0.717) is 0 Å². The second kappa shape index (κ2) is 8.33. The van der Waals surface area contributed by atoms with Crippen molar-refractivity contribution in [1.29, 1.82) is 0 Å². The van der Waals surface area contributed by atoms with Gasteiger partial charge < -0.3 is 14.8 Å². The highest BCUT2D eigenvalue weighted by atomic mass is 15.1. The van der Waals surface area contributed by atoms with E-state index in [0.717, 1.165) is 26.1 Å². The third-order valence-corrected chi connectivity index (χ3v) is 3.87. The predicted octanol–water partition coefficient (Wildman–Crippen LogP) is 2.26. The zero-order valence-corrected chi connectivity index (χ0v) is 12.3. The van der Waals surface area contributed by atoms with E-state index in [-0.39, 0.29) is 0 Å². The topological polar surface area (TPSA) is 33.1 Å². The molecule has 1 saturated heterocycles. The maximum Gasteiger partial charge on any atom is 0.0948 e. The largest absolute Gasteiger partial charge is 0.333 e. The van der Waals surface area contributed by atoms with Crippen LogP contribution in [0.5, 0.6) is 0 Å². The molecule has 0 saturated carbocycles. The number of nitrogens with one attached hydrogen (secondary N) is 1. The van der Waals surface area contributed by atoms with Crippen molar-refractivity contribution in [1.82, 2.24) is 19.8 Å². The van der Waals surface area contributed by atoms with E-state index in [4.69, 9.17) is 0 Å². The van der Waals surface area contributed by atoms with Gasteiger partial charge in [-0.1, -0.05) is 19.8 Å². The van der Waals surface area contributed by atoms with E-state index in [2.05, 4.69) is 26.7 Å². The Kier molecular flexibility index (Phi) is 6.37. The fourth-order valence-corrected chi connectivity index (χ4v) is 2.75. The second-order valence-electron chi connectivity index (χ2n) is 5.51. The molecule has 1 aliphatic heterocycles. The van der Waals surface area contributed by atoms with Gasteiger partial charge in [0.25, 0.3) is 0 Å². The molecule has 4 heteroatoms. The van der Waals surface area contributed by atoms with Gasteiger partial charge in [-0.15, -0.1) is 0 Å². The van der Waals surface area contributed by atoms with E-state index in [9.17, 15) is 0 Å². The smallest absolute Gasteiger partial charge is 0.0948 e. The summed E-state index contributed by atoms with van der Waals surface area (Å²) < 4.78 is 2.25. The van der Waals surface area contributed by atoms with Crippen LogP contribution in [0, 0.1) is 0 Å². The number of likely N-dealkylation sites (tertiary alicyclic amines) is 1. The minimum Gasteiger partial charge on any atom is -0.333 e. The van der Waals surface area contributed by atoms with E-state index in [1.54, 1.807) is 0 Å². The van der Waals surface area contributed by atoms with Crippen molar-refractivity contribution in [3.8, 4) is 0 Å². The van der Waals surface area contributed by atoms with Crippen molar-refractivity contribution in [2.45, 2.75) is 52.1 Å². The fraction of sp³-hybridized carbons (Fsp3) is 0.800. The van der Waals surface area contributed by atoms with Crippen molar-refractivity contribution in [3.05, 3.63) is 18.2 Å². The molecule has 0 amide bonds. The number of aromatic nitrogens is 2. The van der Waals surface area contributed by atoms with E-state index < -0.39 is 0 Å². The second-order valence-corrected chi connectivity index (χ2v) is 5.51. The highest BCUT2D eigenvalue weighted by Crippen LogP contribution is 2.08. The molecule has 0 aromatic carbocycles. The maximum atomic E-state index is 4.23. The molecule has 0 spiro atoms. The van der Waals surface area contributed by atoms with Crippen molar-refractivity contribution in [2.24, 2.45) is 0 Å². The molecule has 0 aliphatic carbocycles. The highest BCUT2D eigenvalue weighted by Gasteiger charge is 2.08. The van der Waals surface area contributed by atoms with Crippen molar-refractivity contribution in [3.63, 3.8) is 0 Å². The van der Waals surface area contributed by atoms with Gasteiger partial charge in [0.15, 0.2) is 0 Å². The Morgan fingerprint density at radius 3 is 2.68 bits per heavy atom. The molecular formula is C15H28N4. The molecule has 0 bridgehead atoms. The van der Waals surface area contributed by atoms with Crippen LogP contribution in [0.4, 0.5) is 0 Å². The first-order valence-electron chi connectivity index (χ1n) is 7.82.